The lowest BCUT2D eigenvalue weighted by Gasteiger charge is -2.17. The lowest BCUT2D eigenvalue weighted by Crippen LogP contribution is -2.31. The monoisotopic (exact) mass is 271 g/mol. The van der Waals surface area contributed by atoms with Crippen molar-refractivity contribution in [1.29, 1.82) is 0 Å². The Bertz CT molecular complexity index is 600. The van der Waals surface area contributed by atoms with Crippen LogP contribution < -0.4 is 10.6 Å². The van der Waals surface area contributed by atoms with Gasteiger partial charge in [-0.25, -0.2) is 9.97 Å². The van der Waals surface area contributed by atoms with Crippen LogP contribution in [-0.2, 0) is 11.2 Å². The molecule has 2 heterocycles. The summed E-state index contributed by atoms with van der Waals surface area (Å²) in [5.74, 6) is 0.912. The zero-order valence-corrected chi connectivity index (χ0v) is 11.6. The Morgan fingerprint density at radius 1 is 1.30 bits per heavy atom. The third kappa shape index (κ3) is 3.28. The number of amides is 1. The molecule has 2 rings (SSSR count). The fourth-order valence-corrected chi connectivity index (χ4v) is 1.80. The van der Waals surface area contributed by atoms with Gasteiger partial charge < -0.3 is 10.6 Å². The summed E-state index contributed by atoms with van der Waals surface area (Å²) in [5, 5.41) is 0. The van der Waals surface area contributed by atoms with Gasteiger partial charge >= 0.3 is 0 Å². The molecule has 2 aromatic rings. The molecule has 6 nitrogen and oxygen atoms in total. The zero-order valence-electron chi connectivity index (χ0n) is 11.6. The minimum atomic E-state index is -0.394. The van der Waals surface area contributed by atoms with Crippen molar-refractivity contribution in [3.63, 3.8) is 0 Å². The van der Waals surface area contributed by atoms with Crippen LogP contribution in [0.4, 0.5) is 5.82 Å². The van der Waals surface area contributed by atoms with Crippen LogP contribution in [0.3, 0.4) is 0 Å². The summed E-state index contributed by atoms with van der Waals surface area (Å²) in [6.45, 7) is 2.15. The molecular formula is C14H17N5O. The van der Waals surface area contributed by atoms with Crippen molar-refractivity contribution >= 4 is 11.7 Å². The molecule has 0 radical (unpaired) electrons. The second kappa shape index (κ2) is 6.10. The molecule has 0 aromatic carbocycles. The standard InChI is InChI=1S/C14H17N5O/c1-3-11-8-13(19(2)9-12(15)20)18-14(17-11)10-4-6-16-7-5-10/h4-8H,3,9H2,1-2H3,(H2,15,20). The molecule has 2 aromatic heterocycles. The molecule has 6 heteroatoms. The number of primary amides is 1. The van der Waals surface area contributed by atoms with Crippen molar-refractivity contribution < 1.29 is 4.79 Å². The highest BCUT2D eigenvalue weighted by molar-refractivity contribution is 5.79. The number of pyridine rings is 1. The van der Waals surface area contributed by atoms with E-state index in [-0.39, 0.29) is 6.54 Å². The molecule has 0 saturated heterocycles. The number of carbonyl (C=O) groups excluding carboxylic acids is 1. The van der Waals surface area contributed by atoms with Gasteiger partial charge in [0.2, 0.25) is 5.91 Å². The molecule has 0 aliphatic rings. The first kappa shape index (κ1) is 13.9. The fourth-order valence-electron chi connectivity index (χ4n) is 1.80. The molecule has 104 valence electrons. The number of nitrogens with zero attached hydrogens (tertiary/aromatic N) is 4. The van der Waals surface area contributed by atoms with Crippen LogP contribution in [0.5, 0.6) is 0 Å². The van der Waals surface area contributed by atoms with Gasteiger partial charge in [-0.2, -0.15) is 0 Å². The zero-order chi connectivity index (χ0) is 14.5. The van der Waals surface area contributed by atoms with E-state index in [4.69, 9.17) is 5.73 Å². The van der Waals surface area contributed by atoms with Crippen LogP contribution in [0.1, 0.15) is 12.6 Å². The normalized spacial score (nSPS) is 10.3. The number of aromatic nitrogens is 3. The van der Waals surface area contributed by atoms with Gasteiger partial charge in [-0.15, -0.1) is 0 Å². The maximum atomic E-state index is 11.0. The Labute approximate surface area is 117 Å². The summed E-state index contributed by atoms with van der Waals surface area (Å²) >= 11 is 0. The Morgan fingerprint density at radius 2 is 2.00 bits per heavy atom. The minimum absolute atomic E-state index is 0.121. The van der Waals surface area contributed by atoms with E-state index in [0.717, 1.165) is 17.7 Å². The molecule has 0 aliphatic heterocycles. The van der Waals surface area contributed by atoms with Crippen molar-refractivity contribution in [1.82, 2.24) is 15.0 Å². The van der Waals surface area contributed by atoms with Gasteiger partial charge in [0.05, 0.1) is 6.54 Å². The number of likely N-dealkylation sites (N-methyl/N-ethyl adjacent to an activating group) is 1. The summed E-state index contributed by atoms with van der Waals surface area (Å²) in [6, 6.07) is 5.58. The molecule has 0 spiro atoms. The predicted octanol–water partition coefficient (Wildman–Crippen LogP) is 1.02. The van der Waals surface area contributed by atoms with Crippen molar-refractivity contribution in [3.8, 4) is 11.4 Å². The molecule has 1 amide bonds. The first-order valence-corrected chi connectivity index (χ1v) is 6.38. The van der Waals surface area contributed by atoms with Crippen LogP contribution in [0.2, 0.25) is 0 Å². The van der Waals surface area contributed by atoms with Crippen LogP contribution in [-0.4, -0.2) is 34.5 Å². The van der Waals surface area contributed by atoms with E-state index in [1.165, 1.54) is 0 Å². The number of nitrogens with two attached hydrogens (primary N) is 1. The van der Waals surface area contributed by atoms with Crippen LogP contribution in [0.25, 0.3) is 11.4 Å². The third-order valence-electron chi connectivity index (χ3n) is 2.85. The molecule has 0 bridgehead atoms. The van der Waals surface area contributed by atoms with Crippen molar-refractivity contribution in [2.75, 3.05) is 18.5 Å². The quantitative estimate of drug-likeness (QED) is 0.877. The second-order valence-corrected chi connectivity index (χ2v) is 4.45. The SMILES string of the molecule is CCc1cc(N(C)CC(N)=O)nc(-c2ccncc2)n1. The smallest absolute Gasteiger partial charge is 0.236 e. The van der Waals surface area contributed by atoms with Crippen LogP contribution in [0, 0.1) is 0 Å². The van der Waals surface area contributed by atoms with Crippen molar-refractivity contribution in [2.45, 2.75) is 13.3 Å². The third-order valence-corrected chi connectivity index (χ3v) is 2.85. The minimum Gasteiger partial charge on any atom is -0.368 e. The number of hydrogen-bond acceptors (Lipinski definition) is 5. The molecular weight excluding hydrogens is 254 g/mol. The first-order valence-electron chi connectivity index (χ1n) is 6.38. The average Bonchev–Trinajstić information content (AvgIpc) is 2.47. The highest BCUT2D eigenvalue weighted by Crippen LogP contribution is 2.19. The molecule has 0 fully saturated rings. The molecule has 0 unspecified atom stereocenters. The average molecular weight is 271 g/mol. The number of carbonyl (C=O) groups is 1. The summed E-state index contributed by atoms with van der Waals surface area (Å²) < 4.78 is 0. The van der Waals surface area contributed by atoms with E-state index in [2.05, 4.69) is 15.0 Å². The maximum Gasteiger partial charge on any atom is 0.236 e. The fraction of sp³-hybridized carbons (Fsp3) is 0.286. The van der Waals surface area contributed by atoms with Crippen LogP contribution in [0.15, 0.2) is 30.6 Å². The predicted molar refractivity (Wildman–Crippen MR) is 77.1 cm³/mol. The summed E-state index contributed by atoms with van der Waals surface area (Å²) in [4.78, 5) is 25.7. The van der Waals surface area contributed by atoms with Gasteiger partial charge in [0.1, 0.15) is 5.82 Å². The molecule has 2 N–H and O–H groups in total. The van der Waals surface area contributed by atoms with E-state index < -0.39 is 5.91 Å². The van der Waals surface area contributed by atoms with Gasteiger partial charge in [-0.1, -0.05) is 6.92 Å². The van der Waals surface area contributed by atoms with E-state index in [1.807, 2.05) is 25.1 Å². The lowest BCUT2D eigenvalue weighted by atomic mass is 10.2. The van der Waals surface area contributed by atoms with Gasteiger partial charge in [0.15, 0.2) is 5.82 Å². The van der Waals surface area contributed by atoms with E-state index in [0.29, 0.717) is 11.6 Å². The van der Waals surface area contributed by atoms with E-state index >= 15 is 0 Å². The largest absolute Gasteiger partial charge is 0.368 e. The summed E-state index contributed by atoms with van der Waals surface area (Å²) in [7, 11) is 1.78. The number of rotatable bonds is 5. The number of anilines is 1. The molecule has 0 atom stereocenters. The van der Waals surface area contributed by atoms with Gasteiger partial charge in [0, 0.05) is 36.8 Å². The Balaban J connectivity index is 2.41. The summed E-state index contributed by atoms with van der Waals surface area (Å²) in [5.41, 5.74) is 7.03. The Morgan fingerprint density at radius 3 is 2.60 bits per heavy atom. The second-order valence-electron chi connectivity index (χ2n) is 4.45. The maximum absolute atomic E-state index is 11.0. The number of hydrogen-bond donors (Lipinski definition) is 1. The number of aryl methyl sites for hydroxylation is 1. The van der Waals surface area contributed by atoms with Crippen LogP contribution >= 0.6 is 0 Å². The van der Waals surface area contributed by atoms with Gasteiger partial charge in [-0.3, -0.25) is 9.78 Å². The highest BCUT2D eigenvalue weighted by atomic mass is 16.1. The topological polar surface area (TPSA) is 85.0 Å². The Hall–Kier alpha value is -2.50. The molecule has 20 heavy (non-hydrogen) atoms. The molecule has 0 aliphatic carbocycles. The van der Waals surface area contributed by atoms with E-state index in [1.54, 1.807) is 24.3 Å². The van der Waals surface area contributed by atoms with Crippen molar-refractivity contribution in [2.24, 2.45) is 5.73 Å². The lowest BCUT2D eigenvalue weighted by molar-refractivity contribution is -0.116. The summed E-state index contributed by atoms with van der Waals surface area (Å²) in [6.07, 6.45) is 4.19. The van der Waals surface area contributed by atoms with Crippen molar-refractivity contribution in [3.05, 3.63) is 36.3 Å². The Kier molecular flexibility index (Phi) is 4.24. The highest BCUT2D eigenvalue weighted by Gasteiger charge is 2.10. The first-order chi connectivity index (χ1) is 9.60. The van der Waals surface area contributed by atoms with Gasteiger partial charge in [-0.05, 0) is 18.6 Å². The van der Waals surface area contributed by atoms with E-state index in [9.17, 15) is 4.79 Å². The molecule has 0 saturated carbocycles. The van der Waals surface area contributed by atoms with Gasteiger partial charge in [0.25, 0.3) is 0 Å².